The molecule has 0 unspecified atom stereocenters. The van der Waals surface area contributed by atoms with Crippen LogP contribution in [0.4, 0.5) is 11.4 Å². The molecule has 4 rings (SSSR count). The van der Waals surface area contributed by atoms with Gasteiger partial charge in [-0.25, -0.2) is 0 Å². The van der Waals surface area contributed by atoms with E-state index in [1.54, 1.807) is 12.1 Å². The van der Waals surface area contributed by atoms with Crippen LogP contribution < -0.4 is 32.0 Å². The lowest BCUT2D eigenvalue weighted by Crippen LogP contribution is -2.43. The van der Waals surface area contributed by atoms with Crippen molar-refractivity contribution in [2.45, 2.75) is 6.42 Å². The van der Waals surface area contributed by atoms with Crippen LogP contribution in [0.15, 0.2) is 60.7 Å². The van der Waals surface area contributed by atoms with E-state index in [4.69, 9.17) is 21.7 Å². The Bertz CT molecular complexity index is 1730. The van der Waals surface area contributed by atoms with E-state index >= 15 is 0 Å². The van der Waals surface area contributed by atoms with Crippen LogP contribution in [0.25, 0.3) is 32.9 Å². The number of carboxylic acid groups (broad SMARTS) is 2. The SMILES string of the molecule is C[n+]1c(-c2ccc(C(=O)NCCCNC(=O)CN(CCNCC(=O)O)CC(=O)O)cc2)c2cc(N)ccc2c2ccc(N)cc21. The van der Waals surface area contributed by atoms with E-state index in [2.05, 4.69) is 20.5 Å². The predicted octanol–water partition coefficient (Wildman–Crippen LogP) is 0.946. The number of carbonyl (C=O) groups excluding carboxylic acids is 2. The van der Waals surface area contributed by atoms with Crippen LogP contribution in [0.5, 0.6) is 0 Å². The summed E-state index contributed by atoms with van der Waals surface area (Å²) in [4.78, 5) is 48.2. The predicted molar refractivity (Wildman–Crippen MR) is 171 cm³/mol. The normalized spacial score (nSPS) is 11.2. The molecule has 4 aromatic rings. The van der Waals surface area contributed by atoms with Gasteiger partial charge in [-0.2, -0.15) is 4.57 Å². The summed E-state index contributed by atoms with van der Waals surface area (Å²) in [6, 6.07) is 19.0. The van der Waals surface area contributed by atoms with Crippen LogP contribution in [0.1, 0.15) is 16.8 Å². The van der Waals surface area contributed by atoms with Crippen LogP contribution in [0, 0.1) is 0 Å². The summed E-state index contributed by atoms with van der Waals surface area (Å²) in [5.41, 5.74) is 16.9. The summed E-state index contributed by atoms with van der Waals surface area (Å²) in [5, 5.41) is 29.1. The highest BCUT2D eigenvalue weighted by Crippen LogP contribution is 2.33. The lowest BCUT2D eigenvalue weighted by Gasteiger charge is -2.19. The largest absolute Gasteiger partial charge is 0.480 e. The average Bonchev–Trinajstić information content (AvgIpc) is 2.99. The van der Waals surface area contributed by atoms with E-state index in [0.29, 0.717) is 29.9 Å². The van der Waals surface area contributed by atoms with Crippen molar-refractivity contribution in [2.75, 3.05) is 57.3 Å². The number of carboxylic acids is 2. The summed E-state index contributed by atoms with van der Waals surface area (Å²) in [5.74, 6) is -2.73. The number of fused-ring (bicyclic) bond motifs is 3. The Hall–Kier alpha value is -5.27. The second-order valence-corrected chi connectivity index (χ2v) is 10.7. The number of carbonyl (C=O) groups is 4. The molecule has 0 saturated carbocycles. The van der Waals surface area contributed by atoms with E-state index in [1.807, 2.05) is 55.6 Å². The number of aliphatic carboxylic acids is 2. The smallest absolute Gasteiger partial charge is 0.317 e. The molecule has 0 atom stereocenters. The van der Waals surface area contributed by atoms with E-state index in [-0.39, 0.29) is 51.1 Å². The van der Waals surface area contributed by atoms with Crippen molar-refractivity contribution in [1.82, 2.24) is 20.9 Å². The average molecular weight is 617 g/mol. The number of nitrogen functional groups attached to an aromatic ring is 2. The fourth-order valence-corrected chi connectivity index (χ4v) is 5.19. The lowest BCUT2D eigenvalue weighted by molar-refractivity contribution is -0.632. The molecule has 0 spiro atoms. The molecule has 0 aliphatic heterocycles. The Kier molecular flexibility index (Phi) is 10.8. The third-order valence-electron chi connectivity index (χ3n) is 7.30. The van der Waals surface area contributed by atoms with Gasteiger partial charge in [0, 0.05) is 60.1 Å². The second-order valence-electron chi connectivity index (χ2n) is 10.7. The minimum absolute atomic E-state index is 0.149. The molecule has 13 heteroatoms. The molecule has 0 radical (unpaired) electrons. The van der Waals surface area contributed by atoms with E-state index in [0.717, 1.165) is 32.9 Å². The number of amides is 2. The Balaban J connectivity index is 1.32. The summed E-state index contributed by atoms with van der Waals surface area (Å²) >= 11 is 0. The molecule has 13 nitrogen and oxygen atoms in total. The number of pyridine rings is 1. The lowest BCUT2D eigenvalue weighted by atomic mass is 9.98. The van der Waals surface area contributed by atoms with Gasteiger partial charge in [-0.15, -0.1) is 0 Å². The Morgan fingerprint density at radius 3 is 2.13 bits per heavy atom. The second kappa shape index (κ2) is 14.9. The van der Waals surface area contributed by atoms with Crippen molar-refractivity contribution in [3.8, 4) is 11.3 Å². The van der Waals surface area contributed by atoms with Crippen molar-refractivity contribution >= 4 is 56.8 Å². The van der Waals surface area contributed by atoms with Gasteiger partial charge in [0.05, 0.1) is 30.4 Å². The van der Waals surface area contributed by atoms with Gasteiger partial charge in [0.1, 0.15) is 7.05 Å². The molecule has 3 aromatic carbocycles. The fourth-order valence-electron chi connectivity index (χ4n) is 5.19. The molecule has 0 bridgehead atoms. The van der Waals surface area contributed by atoms with E-state index in [1.165, 1.54) is 4.90 Å². The number of benzene rings is 3. The van der Waals surface area contributed by atoms with Gasteiger partial charge in [-0.3, -0.25) is 24.1 Å². The molecule has 45 heavy (non-hydrogen) atoms. The maximum Gasteiger partial charge on any atom is 0.317 e. The highest BCUT2D eigenvalue weighted by atomic mass is 16.4. The van der Waals surface area contributed by atoms with Crippen molar-refractivity contribution in [1.29, 1.82) is 0 Å². The number of nitrogens with one attached hydrogen (secondary N) is 3. The van der Waals surface area contributed by atoms with Crippen molar-refractivity contribution in [3.63, 3.8) is 0 Å². The first-order valence-electron chi connectivity index (χ1n) is 14.5. The van der Waals surface area contributed by atoms with E-state index in [9.17, 15) is 19.2 Å². The number of hydrogen-bond acceptors (Lipinski definition) is 8. The molecule has 0 aliphatic carbocycles. The maximum absolute atomic E-state index is 12.8. The number of nitrogens with two attached hydrogens (primary N) is 2. The Morgan fingerprint density at radius 2 is 1.44 bits per heavy atom. The quantitative estimate of drug-likeness (QED) is 0.0436. The molecule has 0 fully saturated rings. The zero-order valence-corrected chi connectivity index (χ0v) is 25.0. The van der Waals surface area contributed by atoms with Crippen LogP contribution in [-0.2, 0) is 21.4 Å². The number of anilines is 2. The van der Waals surface area contributed by atoms with Gasteiger partial charge < -0.3 is 37.6 Å². The summed E-state index contributed by atoms with van der Waals surface area (Å²) in [7, 11) is 1.97. The van der Waals surface area contributed by atoms with Crippen LogP contribution >= 0.6 is 0 Å². The third-order valence-corrected chi connectivity index (χ3v) is 7.30. The number of rotatable bonds is 15. The zero-order chi connectivity index (χ0) is 32.5. The summed E-state index contributed by atoms with van der Waals surface area (Å²) in [6.07, 6.45) is 0.470. The first kappa shape index (κ1) is 32.6. The molecular formula is C32H38N7O6+. The van der Waals surface area contributed by atoms with Gasteiger partial charge in [-0.1, -0.05) is 6.07 Å². The first-order chi connectivity index (χ1) is 21.5. The monoisotopic (exact) mass is 616 g/mol. The van der Waals surface area contributed by atoms with Gasteiger partial charge >= 0.3 is 11.9 Å². The highest BCUT2D eigenvalue weighted by molar-refractivity contribution is 6.10. The Labute approximate surface area is 259 Å². The molecule has 1 aromatic heterocycles. The molecule has 1 heterocycles. The number of aryl methyl sites for hydroxylation is 1. The topological polar surface area (TPSA) is 204 Å². The maximum atomic E-state index is 12.8. The van der Waals surface area contributed by atoms with Gasteiger partial charge in [0.2, 0.25) is 17.1 Å². The minimum Gasteiger partial charge on any atom is -0.480 e. The molecule has 0 saturated heterocycles. The van der Waals surface area contributed by atoms with Crippen LogP contribution in [0.2, 0.25) is 0 Å². The number of nitrogens with zero attached hydrogens (tertiary/aromatic N) is 2. The van der Waals surface area contributed by atoms with Crippen LogP contribution in [-0.4, -0.2) is 84.7 Å². The first-order valence-corrected chi connectivity index (χ1v) is 14.5. The highest BCUT2D eigenvalue weighted by Gasteiger charge is 2.21. The van der Waals surface area contributed by atoms with Gasteiger partial charge in [0.15, 0.2) is 0 Å². The molecule has 0 aliphatic rings. The molecule has 236 valence electrons. The zero-order valence-electron chi connectivity index (χ0n) is 25.0. The standard InChI is InChI=1S/C32H37N7O6/c1-38-27-16-23(34)8-10-25(27)24-9-7-22(33)15-26(24)31(38)20-3-5-21(6-4-20)32(45)37-12-2-11-36-28(40)18-39(19-30(43)44)14-13-35-17-29(41)42/h3-10,15-16,34-35H,2,11-14,17-19H2,1H3,(H6,33,36,37,40,41,42,43,44,45)/p+1. The van der Waals surface area contributed by atoms with Gasteiger partial charge in [-0.05, 0) is 55.0 Å². The van der Waals surface area contributed by atoms with Crippen molar-refractivity contribution < 1.29 is 34.0 Å². The number of hydrogen-bond donors (Lipinski definition) is 7. The molecule has 2 amide bonds. The molecular weight excluding hydrogens is 578 g/mol. The van der Waals surface area contributed by atoms with Crippen molar-refractivity contribution in [3.05, 3.63) is 66.2 Å². The third kappa shape index (κ3) is 8.65. The molecule has 9 N–H and O–H groups in total. The van der Waals surface area contributed by atoms with Crippen LogP contribution in [0.3, 0.4) is 0 Å². The van der Waals surface area contributed by atoms with Crippen molar-refractivity contribution in [2.24, 2.45) is 7.05 Å². The van der Waals surface area contributed by atoms with Gasteiger partial charge in [0.25, 0.3) is 5.91 Å². The fraction of sp³-hybridized carbons (Fsp3) is 0.281. The number of aromatic nitrogens is 1. The van der Waals surface area contributed by atoms with E-state index < -0.39 is 11.9 Å². The Morgan fingerprint density at radius 1 is 0.778 bits per heavy atom. The minimum atomic E-state index is -1.09. The summed E-state index contributed by atoms with van der Waals surface area (Å²) < 4.78 is 2.08. The summed E-state index contributed by atoms with van der Waals surface area (Å²) in [6.45, 7) is 0.272.